The minimum atomic E-state index is 0.829. The maximum Gasteiger partial charge on any atom is 0.0623 e. The Morgan fingerprint density at radius 3 is 2.21 bits per heavy atom. The third-order valence-electron chi connectivity index (χ3n) is 1.93. The predicted molar refractivity (Wildman–Crippen MR) is 90.6 cm³/mol. The summed E-state index contributed by atoms with van der Waals surface area (Å²) in [5.41, 5.74) is 1.80. The summed E-state index contributed by atoms with van der Waals surface area (Å²) in [6, 6.07) is 0. The van der Waals surface area contributed by atoms with Crippen LogP contribution in [0.1, 0.15) is 34.1 Å². The number of hydrogen-bond acceptors (Lipinski definition) is 1. The molecular weight excluding hydrogens is 230 g/mol. The highest BCUT2D eigenvalue weighted by molar-refractivity contribution is 5.83. The van der Waals surface area contributed by atoms with Crippen LogP contribution < -0.4 is 0 Å². The zero-order valence-corrected chi connectivity index (χ0v) is 12.8. The lowest BCUT2D eigenvalue weighted by Crippen LogP contribution is -1.80. The highest BCUT2D eigenvalue weighted by Gasteiger charge is 1.86. The smallest absolute Gasteiger partial charge is 0.0623 e. The molecule has 0 aliphatic heterocycles. The van der Waals surface area contributed by atoms with Gasteiger partial charge in [0.15, 0.2) is 0 Å². The Morgan fingerprint density at radius 1 is 1.05 bits per heavy atom. The molecule has 1 heteroatoms. The van der Waals surface area contributed by atoms with E-state index in [1.54, 1.807) is 18.4 Å². The summed E-state index contributed by atoms with van der Waals surface area (Å²) in [5.74, 6) is 0. The lowest BCUT2D eigenvalue weighted by Gasteiger charge is -1.93. The van der Waals surface area contributed by atoms with Crippen LogP contribution in [0.4, 0.5) is 0 Å². The van der Waals surface area contributed by atoms with E-state index in [-0.39, 0.29) is 0 Å². The van der Waals surface area contributed by atoms with Crippen LogP contribution in [0, 0.1) is 0 Å². The van der Waals surface area contributed by atoms with E-state index in [0.717, 1.165) is 17.7 Å². The molecule has 0 bridgehead atoms. The monoisotopic (exact) mass is 257 g/mol. The third-order valence-corrected chi connectivity index (χ3v) is 1.93. The van der Waals surface area contributed by atoms with Crippen LogP contribution in [0.2, 0.25) is 0 Å². The molecule has 0 aromatic carbocycles. The van der Waals surface area contributed by atoms with Crippen molar-refractivity contribution in [2.45, 2.75) is 34.1 Å². The van der Waals surface area contributed by atoms with E-state index in [2.05, 4.69) is 31.2 Å². The Labute approximate surface area is 119 Å². The van der Waals surface area contributed by atoms with Gasteiger partial charge in [0, 0.05) is 6.21 Å². The van der Waals surface area contributed by atoms with Gasteiger partial charge in [-0.05, 0) is 31.1 Å². The second kappa shape index (κ2) is 16.1. The third kappa shape index (κ3) is 12.4. The highest BCUT2D eigenvalue weighted by Crippen LogP contribution is 2.01. The summed E-state index contributed by atoms with van der Waals surface area (Å²) in [6.45, 7) is 15.5. The van der Waals surface area contributed by atoms with Crippen LogP contribution in [-0.2, 0) is 0 Å². The van der Waals surface area contributed by atoms with Crippen LogP contribution in [0.25, 0.3) is 0 Å². The van der Waals surface area contributed by atoms with E-state index in [1.807, 2.05) is 51.2 Å². The van der Waals surface area contributed by atoms with Crippen LogP contribution in [0.3, 0.4) is 0 Å². The maximum absolute atomic E-state index is 4.32. The molecule has 0 aliphatic carbocycles. The fourth-order valence-corrected chi connectivity index (χ4v) is 0.987. The summed E-state index contributed by atoms with van der Waals surface area (Å²) >= 11 is 0. The molecule has 1 nitrogen and oxygen atoms in total. The SMILES string of the molecule is C=CC(/C=N\C(C=C)=C\C=C/C)=C\C=C/CC.CC. The van der Waals surface area contributed by atoms with E-state index >= 15 is 0 Å². The van der Waals surface area contributed by atoms with Gasteiger partial charge in [0.2, 0.25) is 0 Å². The molecule has 0 saturated carbocycles. The molecule has 0 amide bonds. The Hall–Kier alpha value is -1.89. The molecule has 0 aliphatic rings. The fraction of sp³-hybridized carbons (Fsp3) is 0.278. The molecular formula is C18H27N. The minimum absolute atomic E-state index is 0.829. The largest absolute Gasteiger partial charge is 0.256 e. The molecule has 0 aromatic heterocycles. The maximum atomic E-state index is 4.32. The van der Waals surface area contributed by atoms with Gasteiger partial charge in [-0.2, -0.15) is 0 Å². The zero-order chi connectivity index (χ0) is 14.9. The van der Waals surface area contributed by atoms with Gasteiger partial charge in [0.1, 0.15) is 0 Å². The Balaban J connectivity index is 0. The van der Waals surface area contributed by atoms with Crippen LogP contribution in [0.5, 0.6) is 0 Å². The van der Waals surface area contributed by atoms with E-state index in [1.165, 1.54) is 0 Å². The van der Waals surface area contributed by atoms with Gasteiger partial charge >= 0.3 is 0 Å². The van der Waals surface area contributed by atoms with Gasteiger partial charge in [-0.3, -0.25) is 4.99 Å². The van der Waals surface area contributed by atoms with Gasteiger partial charge < -0.3 is 0 Å². The molecule has 0 radical (unpaired) electrons. The van der Waals surface area contributed by atoms with Crippen molar-refractivity contribution in [3.05, 3.63) is 73.0 Å². The van der Waals surface area contributed by atoms with Gasteiger partial charge in [-0.1, -0.05) is 70.4 Å². The van der Waals surface area contributed by atoms with Crippen molar-refractivity contribution in [3.8, 4) is 0 Å². The number of aliphatic imine (C=N–C) groups is 1. The Morgan fingerprint density at radius 2 is 1.74 bits per heavy atom. The van der Waals surface area contributed by atoms with E-state index in [4.69, 9.17) is 0 Å². The highest BCUT2D eigenvalue weighted by atomic mass is 14.7. The predicted octanol–water partition coefficient (Wildman–Crippen LogP) is 5.81. The molecule has 0 atom stereocenters. The summed E-state index contributed by atoms with van der Waals surface area (Å²) in [4.78, 5) is 4.32. The van der Waals surface area contributed by atoms with Crippen molar-refractivity contribution in [1.82, 2.24) is 0 Å². The number of nitrogens with zero attached hydrogens (tertiary/aromatic N) is 1. The van der Waals surface area contributed by atoms with Crippen molar-refractivity contribution >= 4 is 6.21 Å². The molecule has 0 fully saturated rings. The average molecular weight is 257 g/mol. The van der Waals surface area contributed by atoms with Gasteiger partial charge in [-0.15, -0.1) is 0 Å². The summed E-state index contributed by atoms with van der Waals surface area (Å²) in [6.07, 6.45) is 18.2. The molecule has 0 heterocycles. The number of rotatable bonds is 7. The van der Waals surface area contributed by atoms with Gasteiger partial charge in [-0.25, -0.2) is 0 Å². The molecule has 0 aromatic rings. The van der Waals surface area contributed by atoms with Crippen molar-refractivity contribution in [1.29, 1.82) is 0 Å². The fourth-order valence-electron chi connectivity index (χ4n) is 0.987. The van der Waals surface area contributed by atoms with Crippen LogP contribution in [-0.4, -0.2) is 6.21 Å². The van der Waals surface area contributed by atoms with Gasteiger partial charge in [0.25, 0.3) is 0 Å². The molecule has 0 unspecified atom stereocenters. The lowest BCUT2D eigenvalue weighted by atomic mass is 10.2. The first-order valence-corrected chi connectivity index (χ1v) is 6.77. The Bertz CT molecular complexity index is 376. The quantitative estimate of drug-likeness (QED) is 0.403. The van der Waals surface area contributed by atoms with Crippen molar-refractivity contribution in [2.24, 2.45) is 4.99 Å². The normalized spacial score (nSPS) is 12.8. The molecule has 0 saturated heterocycles. The second-order valence-electron chi connectivity index (χ2n) is 3.29. The first-order valence-electron chi connectivity index (χ1n) is 6.77. The van der Waals surface area contributed by atoms with Gasteiger partial charge in [0.05, 0.1) is 5.70 Å². The first-order chi connectivity index (χ1) is 9.28. The first kappa shape index (κ1) is 19.4. The van der Waals surface area contributed by atoms with E-state index in [0.29, 0.717) is 0 Å². The second-order valence-corrected chi connectivity index (χ2v) is 3.29. The van der Waals surface area contributed by atoms with Crippen molar-refractivity contribution in [2.75, 3.05) is 0 Å². The number of allylic oxidation sites excluding steroid dienone is 9. The summed E-state index contributed by atoms with van der Waals surface area (Å²) < 4.78 is 0. The van der Waals surface area contributed by atoms with Crippen LogP contribution in [0.15, 0.2) is 78.0 Å². The minimum Gasteiger partial charge on any atom is -0.256 e. The molecule has 0 rings (SSSR count). The standard InChI is InChI=1S/C16H21N.C2H6/c1-5-9-11-12-15(7-3)14-17-16(8-4)13-10-6-2;1-2/h6-14H,3-5H2,1-2H3;1-2H3/b10-6-,11-9-,15-12+,16-13+,17-14-;. The number of hydrogen-bond donors (Lipinski definition) is 0. The zero-order valence-electron chi connectivity index (χ0n) is 12.8. The average Bonchev–Trinajstić information content (AvgIpc) is 2.47. The molecule has 0 N–H and O–H groups in total. The lowest BCUT2D eigenvalue weighted by molar-refractivity contribution is 1.22. The molecule has 104 valence electrons. The summed E-state index contributed by atoms with van der Waals surface area (Å²) in [7, 11) is 0. The van der Waals surface area contributed by atoms with Crippen molar-refractivity contribution < 1.29 is 0 Å². The van der Waals surface area contributed by atoms with Crippen molar-refractivity contribution in [3.63, 3.8) is 0 Å². The Kier molecular flexibility index (Phi) is 16.5. The van der Waals surface area contributed by atoms with E-state index in [9.17, 15) is 0 Å². The molecule has 0 spiro atoms. The van der Waals surface area contributed by atoms with E-state index < -0.39 is 0 Å². The summed E-state index contributed by atoms with van der Waals surface area (Å²) in [5, 5.41) is 0. The van der Waals surface area contributed by atoms with Crippen LogP contribution >= 0.6 is 0 Å². The molecule has 19 heavy (non-hydrogen) atoms. The topological polar surface area (TPSA) is 12.4 Å².